The molecule has 0 bridgehead atoms. The molecule has 23 aromatic carbocycles. The molecule has 0 aliphatic heterocycles. The van der Waals surface area contributed by atoms with Gasteiger partial charge in [-0.15, -0.1) is 22.7 Å². The Morgan fingerprint density at radius 3 is 0.827 bits per heavy atom. The number of hydrogen-bond acceptors (Lipinski definition) is 7. The molecule has 0 amide bonds. The van der Waals surface area contributed by atoms with Crippen LogP contribution in [0.3, 0.4) is 0 Å². The topological polar surface area (TPSA) is 90.4 Å². The van der Waals surface area contributed by atoms with E-state index in [1.165, 1.54) is 144 Å². The summed E-state index contributed by atoms with van der Waals surface area (Å²) in [5, 5.41) is 28.7. The van der Waals surface area contributed by atoms with Gasteiger partial charge in [0.2, 0.25) is 0 Å². The third kappa shape index (κ3) is 12.0. The Labute approximate surface area is 861 Å². The number of benzene rings is 23. The molecule has 0 N–H and O–H groups in total. The quantitative estimate of drug-likeness (QED) is 0.151. The summed E-state index contributed by atoms with van der Waals surface area (Å²) in [5.74, 6) is 0. The first kappa shape index (κ1) is 82.9. The van der Waals surface area contributed by atoms with Crippen molar-refractivity contribution in [1.29, 1.82) is 0 Å². The van der Waals surface area contributed by atoms with E-state index in [-0.39, 0.29) is 0 Å². The van der Waals surface area contributed by atoms with Crippen molar-refractivity contribution < 1.29 is 22.1 Å². The van der Waals surface area contributed by atoms with Gasteiger partial charge >= 0.3 is 0 Å². The molecular weight excluding hydrogens is 1870 g/mol. The van der Waals surface area contributed by atoms with Gasteiger partial charge in [-0.25, -0.2) is 0 Å². The molecule has 10 nitrogen and oxygen atoms in total. The second-order valence-corrected chi connectivity index (χ2v) is 41.4. The van der Waals surface area contributed by atoms with Gasteiger partial charge in [-0.2, -0.15) is 0 Å². The highest BCUT2D eigenvalue weighted by molar-refractivity contribution is 7.26. The number of thiophene rings is 2. The van der Waals surface area contributed by atoms with E-state index in [1.54, 1.807) is 0 Å². The van der Waals surface area contributed by atoms with Crippen LogP contribution in [0.4, 0.5) is 0 Å². The van der Waals surface area contributed by atoms with E-state index in [0.717, 1.165) is 177 Å². The van der Waals surface area contributed by atoms with E-state index in [0.29, 0.717) is 0 Å². The number of rotatable bonds is 8. The average molecular weight is 1950 g/mol. The molecule has 698 valence electrons. The van der Waals surface area contributed by atoms with Crippen LogP contribution >= 0.6 is 22.7 Å². The fourth-order valence-corrected chi connectivity index (χ4v) is 27.5. The summed E-state index contributed by atoms with van der Waals surface area (Å²) in [4.78, 5) is 0. The zero-order valence-corrected chi connectivity index (χ0v) is 81.8. The van der Waals surface area contributed by atoms with Crippen LogP contribution in [0.5, 0.6) is 0 Å². The molecular formula is C138H79N5O5S2. The third-order valence-corrected chi connectivity index (χ3v) is 33.9. The first-order valence-electron chi connectivity index (χ1n) is 50.9. The van der Waals surface area contributed by atoms with Gasteiger partial charge < -0.3 is 44.9 Å². The van der Waals surface area contributed by atoms with Gasteiger partial charge in [-0.1, -0.05) is 309 Å². The maximum Gasteiger partial charge on any atom is 0.145 e. The van der Waals surface area contributed by atoms with Crippen LogP contribution in [0.25, 0.3) is 321 Å². The van der Waals surface area contributed by atoms with E-state index in [2.05, 4.69) is 478 Å². The van der Waals surface area contributed by atoms with Crippen LogP contribution in [0.15, 0.2) is 501 Å². The molecule has 150 heavy (non-hydrogen) atoms. The van der Waals surface area contributed by atoms with Crippen LogP contribution in [0.2, 0.25) is 0 Å². The zero-order valence-electron chi connectivity index (χ0n) is 80.2. The Morgan fingerprint density at radius 1 is 0.133 bits per heavy atom. The Bertz CT molecular complexity index is 12000. The number of fused-ring (bicyclic) bond motifs is 38. The highest BCUT2D eigenvalue weighted by atomic mass is 32.1. The minimum Gasteiger partial charge on any atom is -0.455 e. The van der Waals surface area contributed by atoms with Gasteiger partial charge in [0, 0.05) is 205 Å². The summed E-state index contributed by atoms with van der Waals surface area (Å²) in [5.41, 5.74) is 33.1. The van der Waals surface area contributed by atoms with Gasteiger partial charge in [0.25, 0.3) is 0 Å². The molecule has 12 aromatic heterocycles. The monoisotopic (exact) mass is 1950 g/mol. The lowest BCUT2D eigenvalue weighted by atomic mass is 10.00. The number of aromatic nitrogens is 5. The first-order chi connectivity index (χ1) is 74.4. The standard InChI is InChI=1S/C48H28N2O2.C48H28N2OS.C42H23NO2S/c1-2-12-29(13-3-1)49-39-21-7-4-15-36(39)45-41(49)25-26-42-46(45)37-16-5-8-22-40(37)50(42)30-24-27-44-38(28-30)35-20-11-19-34(48(35)52-44)33-18-10-17-32-31-14-6-9-23-43(31)51-47(32)33;1-2-12-29(13-3-1)49-41-21-7-4-14-31(41)38-27-39-32-15-5-8-22-42(32)50(44(39)28-43(38)49)30-24-25-45-40(26-30)35-18-10-17-34(47(35)51-45)37-20-11-19-36-33-16-6-9-23-46(33)52-48(36)37;1-4-16-34-32(11-1)39-35(21-20-29-25-9-2-5-17-36(25)45-41(29)39)43(34)24-19-22-37-33(23-24)28-13-7-12-27(40(28)44-37)31-15-8-14-30-26-10-3-6-18-38(26)46-42(30)31/h2*1-28H;1-23H. The molecule has 0 fully saturated rings. The summed E-state index contributed by atoms with van der Waals surface area (Å²) in [6.45, 7) is 0. The lowest BCUT2D eigenvalue weighted by molar-refractivity contribution is 0.665. The molecule has 0 radical (unpaired) electrons. The highest BCUT2D eigenvalue weighted by Gasteiger charge is 2.29. The molecule has 0 aliphatic carbocycles. The van der Waals surface area contributed by atoms with E-state index in [4.69, 9.17) is 22.1 Å². The summed E-state index contributed by atoms with van der Waals surface area (Å²) in [7, 11) is 0. The molecule has 0 saturated heterocycles. The highest BCUT2D eigenvalue weighted by Crippen LogP contribution is 2.53. The minimum absolute atomic E-state index is 0.858. The van der Waals surface area contributed by atoms with Crippen LogP contribution in [-0.4, -0.2) is 22.8 Å². The molecule has 0 aliphatic rings. The zero-order chi connectivity index (χ0) is 97.8. The van der Waals surface area contributed by atoms with Crippen LogP contribution < -0.4 is 0 Å². The van der Waals surface area contributed by atoms with Crippen molar-refractivity contribution in [2.45, 2.75) is 0 Å². The fraction of sp³-hybridized carbons (Fsp3) is 0. The van der Waals surface area contributed by atoms with E-state index in [1.807, 2.05) is 46.9 Å². The number of para-hydroxylation sites is 13. The van der Waals surface area contributed by atoms with Gasteiger partial charge in [0.05, 0.1) is 60.6 Å². The molecule has 0 saturated carbocycles. The summed E-state index contributed by atoms with van der Waals surface area (Å²) < 4.78 is 50.3. The van der Waals surface area contributed by atoms with Crippen LogP contribution in [0, 0.1) is 0 Å². The van der Waals surface area contributed by atoms with Crippen molar-refractivity contribution in [2.24, 2.45) is 0 Å². The maximum atomic E-state index is 6.76. The Balaban J connectivity index is 0.0000000976. The normalized spacial score (nSPS) is 12.3. The Kier molecular flexibility index (Phi) is 17.7. The SMILES string of the molecule is c1ccc(-n2c3ccccc3c3c4c5ccccc5n(-c5ccc6oc7c(-c8cccc9c8oc8ccccc89)cccc7c6c5)c4ccc32)cc1.c1ccc(-n2c3ccccc3c3cc4c5ccccc5n(-c5ccc6oc7c(-c8cccc9c8sc8ccccc89)cccc7c6c5)c4cc32)cc1.c1ccc2c(c1)oc1c2ccc2c1c1ccccc1n2-c1ccc2oc3c(-c4cccc5c4sc4ccccc45)cccc3c2c1. The molecule has 0 atom stereocenters. The van der Waals surface area contributed by atoms with E-state index < -0.39 is 0 Å². The molecule has 12 heteroatoms. The fourth-order valence-electron chi connectivity index (χ4n) is 25.0. The number of nitrogens with zero attached hydrogens (tertiary/aromatic N) is 5. The Morgan fingerprint density at radius 2 is 0.407 bits per heavy atom. The number of furan rings is 5. The second-order valence-electron chi connectivity index (χ2n) is 39.3. The predicted octanol–water partition coefficient (Wildman–Crippen LogP) is 39.8. The average Bonchev–Trinajstić information content (AvgIpc) is 1.39. The lowest BCUT2D eigenvalue weighted by Gasteiger charge is -2.10. The largest absolute Gasteiger partial charge is 0.455 e. The van der Waals surface area contributed by atoms with Crippen LogP contribution in [-0.2, 0) is 0 Å². The van der Waals surface area contributed by atoms with Crippen LogP contribution in [0.1, 0.15) is 0 Å². The van der Waals surface area contributed by atoms with Crippen molar-refractivity contribution in [3.63, 3.8) is 0 Å². The maximum absolute atomic E-state index is 6.76. The smallest absolute Gasteiger partial charge is 0.145 e. The second kappa shape index (κ2) is 32.0. The van der Waals surface area contributed by atoms with Gasteiger partial charge in [0.15, 0.2) is 0 Å². The summed E-state index contributed by atoms with van der Waals surface area (Å²) in [6, 6.07) is 172. The number of hydrogen-bond donors (Lipinski definition) is 0. The van der Waals surface area contributed by atoms with Gasteiger partial charge in [0.1, 0.15) is 55.8 Å². The molecule has 0 spiro atoms. The van der Waals surface area contributed by atoms with Gasteiger partial charge in [-0.3, -0.25) is 0 Å². The summed E-state index contributed by atoms with van der Waals surface area (Å²) >= 11 is 3.71. The Hall–Kier alpha value is -19.5. The third-order valence-electron chi connectivity index (χ3n) is 31.4. The van der Waals surface area contributed by atoms with Gasteiger partial charge in [-0.05, 0) is 170 Å². The lowest BCUT2D eigenvalue weighted by Crippen LogP contribution is -1.95. The van der Waals surface area contributed by atoms with E-state index >= 15 is 0 Å². The van der Waals surface area contributed by atoms with Crippen molar-refractivity contribution in [3.8, 4) is 61.8 Å². The first-order valence-corrected chi connectivity index (χ1v) is 52.5. The van der Waals surface area contributed by atoms with Crippen molar-refractivity contribution >= 4 is 282 Å². The molecule has 12 heterocycles. The molecule has 35 rings (SSSR count). The molecule has 0 unspecified atom stereocenters. The van der Waals surface area contributed by atoms with Crippen molar-refractivity contribution in [3.05, 3.63) is 479 Å². The summed E-state index contributed by atoms with van der Waals surface area (Å²) in [6.07, 6.45) is 0. The van der Waals surface area contributed by atoms with Crippen molar-refractivity contribution in [1.82, 2.24) is 22.8 Å². The van der Waals surface area contributed by atoms with Crippen molar-refractivity contribution in [2.75, 3.05) is 0 Å². The minimum atomic E-state index is 0.858. The molecule has 35 aromatic rings. The van der Waals surface area contributed by atoms with E-state index in [9.17, 15) is 0 Å². The predicted molar refractivity (Wildman–Crippen MR) is 629 cm³/mol.